The quantitative estimate of drug-likeness (QED) is 0.252. The third-order valence-corrected chi connectivity index (χ3v) is 5.11. The summed E-state index contributed by atoms with van der Waals surface area (Å²) in [6.45, 7) is 4.85. The van der Waals surface area contributed by atoms with Gasteiger partial charge in [-0.25, -0.2) is 4.39 Å². The summed E-state index contributed by atoms with van der Waals surface area (Å²) in [6, 6.07) is 18.5. The van der Waals surface area contributed by atoms with Crippen molar-refractivity contribution in [3.63, 3.8) is 0 Å². The molecule has 3 rings (SSSR count). The maximum atomic E-state index is 13.4. The van der Waals surface area contributed by atoms with Crippen molar-refractivity contribution in [1.29, 1.82) is 0 Å². The normalized spacial score (nSPS) is 11.0. The molecule has 0 saturated carbocycles. The van der Waals surface area contributed by atoms with E-state index in [9.17, 15) is 4.39 Å². The van der Waals surface area contributed by atoms with Crippen LogP contribution in [-0.4, -0.2) is 12.8 Å². The molecule has 150 valence electrons. The van der Waals surface area contributed by atoms with E-state index < -0.39 is 0 Å². The second-order valence-corrected chi connectivity index (χ2v) is 7.62. The van der Waals surface area contributed by atoms with Crippen LogP contribution in [0.1, 0.15) is 30.5 Å². The summed E-state index contributed by atoms with van der Waals surface area (Å²) in [5, 5.41) is 0. The maximum absolute atomic E-state index is 13.4. The lowest BCUT2D eigenvalue weighted by Crippen LogP contribution is -2.02. The molecule has 3 aromatic carbocycles. The zero-order chi connectivity index (χ0) is 20.6. The van der Waals surface area contributed by atoms with Crippen LogP contribution in [0.2, 0.25) is 0 Å². The first-order valence-electron chi connectivity index (χ1n) is 9.55. The Hall–Kier alpha value is -2.41. The van der Waals surface area contributed by atoms with Crippen LogP contribution in [0.3, 0.4) is 0 Å². The number of aryl methyl sites for hydroxylation is 1. The van der Waals surface area contributed by atoms with Crippen LogP contribution in [0, 0.1) is 9.39 Å². The van der Waals surface area contributed by atoms with Gasteiger partial charge in [-0.2, -0.15) is 0 Å². The number of rotatable bonds is 8. The van der Waals surface area contributed by atoms with Gasteiger partial charge in [0.1, 0.15) is 12.4 Å². The van der Waals surface area contributed by atoms with Crippen LogP contribution in [0.5, 0.6) is 11.5 Å². The average Bonchev–Trinajstić information content (AvgIpc) is 2.72. The third kappa shape index (κ3) is 6.03. The van der Waals surface area contributed by atoms with E-state index in [2.05, 4.69) is 46.6 Å². The van der Waals surface area contributed by atoms with Gasteiger partial charge in [0.25, 0.3) is 0 Å². The largest absolute Gasteiger partial charge is 0.490 e. The van der Waals surface area contributed by atoms with E-state index in [0.717, 1.165) is 26.8 Å². The van der Waals surface area contributed by atoms with E-state index in [1.54, 1.807) is 6.07 Å². The van der Waals surface area contributed by atoms with Crippen LogP contribution >= 0.6 is 22.6 Å². The molecule has 0 N–H and O–H groups in total. The highest BCUT2D eigenvalue weighted by atomic mass is 127. The van der Waals surface area contributed by atoms with Crippen molar-refractivity contribution in [2.45, 2.75) is 26.9 Å². The average molecular weight is 503 g/mol. The van der Waals surface area contributed by atoms with E-state index in [4.69, 9.17) is 9.47 Å². The summed E-state index contributed by atoms with van der Waals surface area (Å²) < 4.78 is 26.1. The molecule has 0 amide bonds. The molecule has 0 aliphatic rings. The van der Waals surface area contributed by atoms with E-state index in [-0.39, 0.29) is 12.4 Å². The summed E-state index contributed by atoms with van der Waals surface area (Å²) >= 11 is 2.22. The molecular weight excluding hydrogens is 480 g/mol. The van der Waals surface area contributed by atoms with Gasteiger partial charge in [0.2, 0.25) is 0 Å². The minimum atomic E-state index is -0.274. The first-order chi connectivity index (χ1) is 14.1. The minimum Gasteiger partial charge on any atom is -0.490 e. The summed E-state index contributed by atoms with van der Waals surface area (Å²) in [7, 11) is 0. The van der Waals surface area contributed by atoms with Gasteiger partial charge in [-0.1, -0.05) is 31.2 Å². The van der Waals surface area contributed by atoms with Crippen molar-refractivity contribution in [3.05, 3.63) is 86.7 Å². The van der Waals surface area contributed by atoms with Crippen LogP contribution in [0.25, 0.3) is 0 Å². The van der Waals surface area contributed by atoms with Crippen molar-refractivity contribution in [2.75, 3.05) is 6.61 Å². The Bertz CT molecular complexity index is 987. The molecule has 29 heavy (non-hydrogen) atoms. The summed E-state index contributed by atoms with van der Waals surface area (Å²) in [6.07, 6.45) is 2.83. The van der Waals surface area contributed by atoms with E-state index in [0.29, 0.717) is 18.1 Å². The lowest BCUT2D eigenvalue weighted by atomic mass is 10.1. The van der Waals surface area contributed by atoms with Gasteiger partial charge < -0.3 is 9.47 Å². The van der Waals surface area contributed by atoms with Crippen molar-refractivity contribution >= 4 is 34.5 Å². The molecule has 0 unspecified atom stereocenters. The number of halogens is 2. The topological polar surface area (TPSA) is 30.8 Å². The first-order valence-corrected chi connectivity index (χ1v) is 10.6. The highest BCUT2D eigenvalue weighted by Gasteiger charge is 2.12. The second kappa shape index (κ2) is 10.4. The van der Waals surface area contributed by atoms with Gasteiger partial charge in [0.05, 0.1) is 15.9 Å². The maximum Gasteiger partial charge on any atom is 0.175 e. The van der Waals surface area contributed by atoms with Gasteiger partial charge in [-0.05, 0) is 89.0 Å². The molecule has 0 bridgehead atoms. The third-order valence-electron chi connectivity index (χ3n) is 4.31. The van der Waals surface area contributed by atoms with Gasteiger partial charge in [-0.15, -0.1) is 0 Å². The Balaban J connectivity index is 1.80. The fraction of sp³-hybridized carbons (Fsp3) is 0.208. The Morgan fingerprint density at radius 3 is 2.45 bits per heavy atom. The van der Waals surface area contributed by atoms with E-state index in [1.165, 1.54) is 17.7 Å². The molecular formula is C24H23FINO2. The lowest BCUT2D eigenvalue weighted by molar-refractivity contribution is 0.267. The van der Waals surface area contributed by atoms with Crippen molar-refractivity contribution in [1.82, 2.24) is 0 Å². The molecule has 3 aromatic rings. The predicted octanol–water partition coefficient (Wildman–Crippen LogP) is 6.72. The molecule has 0 spiro atoms. The van der Waals surface area contributed by atoms with Crippen LogP contribution in [-0.2, 0) is 13.0 Å². The van der Waals surface area contributed by atoms with E-state index in [1.807, 2.05) is 43.5 Å². The molecule has 0 atom stereocenters. The molecule has 0 saturated heterocycles. The Kier molecular flexibility index (Phi) is 7.63. The Labute approximate surface area is 184 Å². The lowest BCUT2D eigenvalue weighted by Gasteiger charge is -2.15. The number of hydrogen-bond acceptors (Lipinski definition) is 3. The molecule has 5 heteroatoms. The number of aliphatic imine (C=N–C) groups is 1. The molecule has 0 aliphatic heterocycles. The van der Waals surface area contributed by atoms with E-state index >= 15 is 0 Å². The fourth-order valence-electron chi connectivity index (χ4n) is 2.81. The SMILES string of the molecule is CCOc1cc(C=Nc2ccc(CC)cc2)cc(I)c1OCc1cccc(F)c1. The van der Waals surface area contributed by atoms with Crippen LogP contribution in [0.4, 0.5) is 10.1 Å². The van der Waals surface area contributed by atoms with Crippen molar-refractivity contribution in [2.24, 2.45) is 4.99 Å². The van der Waals surface area contributed by atoms with Gasteiger partial charge in [0.15, 0.2) is 11.5 Å². The molecule has 0 fully saturated rings. The number of ether oxygens (including phenoxy) is 2. The highest BCUT2D eigenvalue weighted by Crippen LogP contribution is 2.34. The van der Waals surface area contributed by atoms with Gasteiger partial charge in [0, 0.05) is 6.21 Å². The summed E-state index contributed by atoms with van der Waals surface area (Å²) in [4.78, 5) is 4.56. The summed E-state index contributed by atoms with van der Waals surface area (Å²) in [5.74, 6) is 1.03. The number of hydrogen-bond donors (Lipinski definition) is 0. The fourth-order valence-corrected chi connectivity index (χ4v) is 3.60. The van der Waals surface area contributed by atoms with Crippen LogP contribution < -0.4 is 9.47 Å². The zero-order valence-electron chi connectivity index (χ0n) is 16.5. The molecule has 0 aliphatic carbocycles. The van der Waals surface area contributed by atoms with Crippen molar-refractivity contribution in [3.8, 4) is 11.5 Å². The minimum absolute atomic E-state index is 0.269. The Morgan fingerprint density at radius 1 is 0.966 bits per heavy atom. The van der Waals surface area contributed by atoms with Gasteiger partial charge in [-0.3, -0.25) is 4.99 Å². The Morgan fingerprint density at radius 2 is 1.76 bits per heavy atom. The monoisotopic (exact) mass is 503 g/mol. The molecule has 0 radical (unpaired) electrons. The number of benzene rings is 3. The number of nitrogens with zero attached hydrogens (tertiary/aromatic N) is 1. The van der Waals surface area contributed by atoms with Crippen molar-refractivity contribution < 1.29 is 13.9 Å². The molecule has 0 heterocycles. The predicted molar refractivity (Wildman–Crippen MR) is 124 cm³/mol. The highest BCUT2D eigenvalue weighted by molar-refractivity contribution is 14.1. The first kappa shape index (κ1) is 21.3. The molecule has 3 nitrogen and oxygen atoms in total. The van der Waals surface area contributed by atoms with Gasteiger partial charge >= 0.3 is 0 Å². The second-order valence-electron chi connectivity index (χ2n) is 6.46. The smallest absolute Gasteiger partial charge is 0.175 e. The molecule has 0 aromatic heterocycles. The van der Waals surface area contributed by atoms with Crippen LogP contribution in [0.15, 0.2) is 65.7 Å². The summed E-state index contributed by atoms with van der Waals surface area (Å²) in [5.41, 5.74) is 3.89. The standard InChI is InChI=1S/C24H23FINO2/c1-3-17-8-10-21(11-9-17)27-15-19-13-22(26)24(23(14-19)28-4-2)29-16-18-6-5-7-20(25)12-18/h5-15H,3-4,16H2,1-2H3. The zero-order valence-corrected chi connectivity index (χ0v) is 18.6.